The van der Waals surface area contributed by atoms with Crippen LogP contribution >= 0.6 is 11.6 Å². The third-order valence-electron chi connectivity index (χ3n) is 0.984. The highest BCUT2D eigenvalue weighted by atomic mass is 35.5. The zero-order valence-electron chi connectivity index (χ0n) is 7.34. The van der Waals surface area contributed by atoms with E-state index in [1.54, 1.807) is 0 Å². The Kier molecular flexibility index (Phi) is 8.25. The van der Waals surface area contributed by atoms with Gasteiger partial charge in [0.2, 0.25) is 6.29 Å². The van der Waals surface area contributed by atoms with E-state index in [0.717, 1.165) is 0 Å². The molecule has 0 saturated heterocycles. The molecular formula is C9H13ClO2. The van der Waals surface area contributed by atoms with Crippen LogP contribution in [-0.2, 0) is 9.47 Å². The van der Waals surface area contributed by atoms with Crippen LogP contribution in [0.2, 0.25) is 0 Å². The topological polar surface area (TPSA) is 18.5 Å². The molecule has 0 fully saturated rings. The van der Waals surface area contributed by atoms with Crippen molar-refractivity contribution in [3.63, 3.8) is 0 Å². The molecule has 0 amide bonds. The average Bonchev–Trinajstić information content (AvgIpc) is 2.06. The molecule has 0 aliphatic rings. The van der Waals surface area contributed by atoms with Crippen molar-refractivity contribution in [1.29, 1.82) is 0 Å². The zero-order valence-corrected chi connectivity index (χ0v) is 8.10. The van der Waals surface area contributed by atoms with E-state index in [4.69, 9.17) is 21.1 Å². The zero-order chi connectivity index (χ0) is 9.23. The van der Waals surface area contributed by atoms with Gasteiger partial charge in [-0.3, -0.25) is 0 Å². The van der Waals surface area contributed by atoms with Gasteiger partial charge in [-0.1, -0.05) is 17.5 Å². The fraction of sp³-hybridized carbons (Fsp3) is 0.556. The van der Waals surface area contributed by atoms with E-state index in [9.17, 15) is 0 Å². The first-order chi connectivity index (χ1) is 5.85. The summed E-state index contributed by atoms with van der Waals surface area (Å²) in [5, 5.41) is 0. The quantitative estimate of drug-likeness (QED) is 0.497. The van der Waals surface area contributed by atoms with Crippen molar-refractivity contribution in [3.8, 4) is 11.8 Å². The number of hydrogen-bond donors (Lipinski definition) is 0. The highest BCUT2D eigenvalue weighted by Gasteiger charge is 2.00. The van der Waals surface area contributed by atoms with Crippen LogP contribution in [0.25, 0.3) is 0 Å². The highest BCUT2D eigenvalue weighted by molar-refractivity contribution is 6.25. The van der Waals surface area contributed by atoms with Crippen molar-refractivity contribution in [3.05, 3.63) is 11.6 Å². The summed E-state index contributed by atoms with van der Waals surface area (Å²) < 4.78 is 10.3. The van der Waals surface area contributed by atoms with Gasteiger partial charge in [0, 0.05) is 18.7 Å². The summed E-state index contributed by atoms with van der Waals surface area (Å²) in [4.78, 5) is 0. The molecule has 12 heavy (non-hydrogen) atoms. The molecule has 0 aromatic heterocycles. The Morgan fingerprint density at radius 3 is 2.33 bits per heavy atom. The van der Waals surface area contributed by atoms with E-state index in [0.29, 0.717) is 13.2 Å². The number of halogens is 1. The molecule has 0 aromatic carbocycles. The molecule has 3 heteroatoms. The fourth-order valence-corrected chi connectivity index (χ4v) is 0.645. The van der Waals surface area contributed by atoms with Gasteiger partial charge in [0.25, 0.3) is 0 Å². The molecule has 0 spiro atoms. The van der Waals surface area contributed by atoms with E-state index in [2.05, 4.69) is 11.8 Å². The molecule has 0 N–H and O–H groups in total. The van der Waals surface area contributed by atoms with E-state index in [1.807, 2.05) is 13.8 Å². The lowest BCUT2D eigenvalue weighted by molar-refractivity contribution is -0.0969. The summed E-state index contributed by atoms with van der Waals surface area (Å²) >= 11 is 5.27. The van der Waals surface area contributed by atoms with Gasteiger partial charge in [-0.15, -0.1) is 0 Å². The van der Waals surface area contributed by atoms with E-state index in [-0.39, 0.29) is 0 Å². The summed E-state index contributed by atoms with van der Waals surface area (Å²) in [5.41, 5.74) is 1.35. The Balaban J connectivity index is 3.86. The van der Waals surface area contributed by atoms with Crippen molar-refractivity contribution >= 4 is 11.6 Å². The normalized spacial score (nSPS) is 10.3. The van der Waals surface area contributed by atoms with Gasteiger partial charge in [-0.05, 0) is 25.8 Å². The molecule has 2 nitrogen and oxygen atoms in total. The van der Waals surface area contributed by atoms with Crippen LogP contribution in [0.4, 0.5) is 0 Å². The second kappa shape index (κ2) is 8.61. The van der Waals surface area contributed by atoms with E-state index >= 15 is 0 Å². The lowest BCUT2D eigenvalue weighted by Gasteiger charge is -2.09. The van der Waals surface area contributed by atoms with Crippen LogP contribution < -0.4 is 0 Å². The largest absolute Gasteiger partial charge is 0.342 e. The summed E-state index contributed by atoms with van der Waals surface area (Å²) in [6.07, 6.45) is 1.10. The van der Waals surface area contributed by atoms with Crippen LogP contribution in [0, 0.1) is 11.8 Å². The van der Waals surface area contributed by atoms with Crippen molar-refractivity contribution < 1.29 is 9.47 Å². The Morgan fingerprint density at radius 2 is 1.92 bits per heavy atom. The molecule has 0 radical (unpaired) electrons. The molecule has 0 unspecified atom stereocenters. The molecule has 0 rings (SSSR count). The second-order valence-electron chi connectivity index (χ2n) is 1.82. The maximum Gasteiger partial charge on any atom is 0.222 e. The molecule has 0 aliphatic carbocycles. The lowest BCUT2D eigenvalue weighted by atomic mass is 10.5. The first-order valence-corrected chi connectivity index (χ1v) is 4.28. The minimum absolute atomic E-state index is 0.437. The van der Waals surface area contributed by atoms with Crippen LogP contribution in [0.1, 0.15) is 13.8 Å². The van der Waals surface area contributed by atoms with Crippen molar-refractivity contribution in [1.82, 2.24) is 0 Å². The van der Waals surface area contributed by atoms with Gasteiger partial charge >= 0.3 is 0 Å². The third-order valence-corrected chi connectivity index (χ3v) is 1.11. The monoisotopic (exact) mass is 188 g/mol. The minimum Gasteiger partial charge on any atom is -0.342 e. The Morgan fingerprint density at radius 1 is 1.33 bits per heavy atom. The van der Waals surface area contributed by atoms with Gasteiger partial charge < -0.3 is 9.47 Å². The summed E-state index contributed by atoms with van der Waals surface area (Å²) in [6.45, 7) is 4.96. The first-order valence-electron chi connectivity index (χ1n) is 3.84. The van der Waals surface area contributed by atoms with Crippen LogP contribution in [0.15, 0.2) is 11.6 Å². The maximum atomic E-state index is 5.27. The molecule has 0 saturated carbocycles. The Labute approximate surface area is 78.5 Å². The number of allylic oxidation sites excluding steroid dienone is 1. The summed E-state index contributed by atoms with van der Waals surface area (Å²) in [5.74, 6) is 5.45. The van der Waals surface area contributed by atoms with Crippen LogP contribution in [-0.4, -0.2) is 19.5 Å². The Hall–Kier alpha value is -0.490. The molecule has 0 aliphatic heterocycles. The van der Waals surface area contributed by atoms with Crippen molar-refractivity contribution in [2.75, 3.05) is 13.2 Å². The molecule has 0 atom stereocenters. The molecule has 0 bridgehead atoms. The van der Waals surface area contributed by atoms with Crippen molar-refractivity contribution in [2.45, 2.75) is 20.1 Å². The number of hydrogen-bond acceptors (Lipinski definition) is 2. The standard InChI is InChI=1S/C9H13ClO2/c1-3-11-9(12-4-2)7-5-6-8-10/h6,8-9H,3-4H2,1-2H3/b8-6-. The SMILES string of the molecule is CCOC(C#C/C=C\Cl)OCC. The van der Waals surface area contributed by atoms with Gasteiger partial charge in [0.05, 0.1) is 0 Å². The maximum absolute atomic E-state index is 5.27. The van der Waals surface area contributed by atoms with Crippen LogP contribution in [0.3, 0.4) is 0 Å². The van der Waals surface area contributed by atoms with Gasteiger partial charge in [-0.25, -0.2) is 0 Å². The van der Waals surface area contributed by atoms with Crippen LogP contribution in [0.5, 0.6) is 0 Å². The molecule has 0 aromatic rings. The molecular weight excluding hydrogens is 176 g/mol. The summed E-state index contributed by atoms with van der Waals surface area (Å²) in [7, 11) is 0. The predicted molar refractivity (Wildman–Crippen MR) is 49.8 cm³/mol. The fourth-order valence-electron chi connectivity index (χ4n) is 0.582. The van der Waals surface area contributed by atoms with Gasteiger partial charge in [0.15, 0.2) is 0 Å². The molecule has 0 heterocycles. The smallest absolute Gasteiger partial charge is 0.222 e. The lowest BCUT2D eigenvalue weighted by Crippen LogP contribution is -2.14. The summed E-state index contributed by atoms with van der Waals surface area (Å²) in [6, 6.07) is 0. The van der Waals surface area contributed by atoms with Crippen molar-refractivity contribution in [2.24, 2.45) is 0 Å². The number of rotatable bonds is 4. The van der Waals surface area contributed by atoms with E-state index in [1.165, 1.54) is 11.6 Å². The van der Waals surface area contributed by atoms with E-state index < -0.39 is 6.29 Å². The predicted octanol–water partition coefficient (Wildman–Crippen LogP) is 2.14. The average molecular weight is 189 g/mol. The number of ether oxygens (including phenoxy) is 2. The Bertz CT molecular complexity index is 173. The third kappa shape index (κ3) is 6.23. The minimum atomic E-state index is -0.437. The van der Waals surface area contributed by atoms with Gasteiger partial charge in [-0.2, -0.15) is 0 Å². The molecule has 68 valence electrons. The van der Waals surface area contributed by atoms with Gasteiger partial charge in [0.1, 0.15) is 0 Å². The second-order valence-corrected chi connectivity index (χ2v) is 2.08. The highest BCUT2D eigenvalue weighted by Crippen LogP contribution is 1.92. The first kappa shape index (κ1) is 11.5.